The van der Waals surface area contributed by atoms with Crippen LogP contribution < -0.4 is 10.9 Å². The summed E-state index contributed by atoms with van der Waals surface area (Å²) in [7, 11) is 0. The second-order valence-corrected chi connectivity index (χ2v) is 7.15. The average Bonchev–Trinajstić information content (AvgIpc) is 2.75. The van der Waals surface area contributed by atoms with Gasteiger partial charge in [-0.3, -0.25) is 14.2 Å². The molecule has 0 radical (unpaired) electrons. The van der Waals surface area contributed by atoms with Gasteiger partial charge in [0.25, 0.3) is 5.56 Å². The lowest BCUT2D eigenvalue weighted by Crippen LogP contribution is -2.23. The first-order valence-electron chi connectivity index (χ1n) is 8.88. The Hall–Kier alpha value is -3.45. The van der Waals surface area contributed by atoms with Crippen LogP contribution in [-0.4, -0.2) is 21.2 Å². The van der Waals surface area contributed by atoms with Crippen LogP contribution in [0.2, 0.25) is 0 Å². The van der Waals surface area contributed by atoms with E-state index in [1.807, 2.05) is 18.2 Å². The molecular weight excluding hydrogens is 389 g/mol. The van der Waals surface area contributed by atoms with Gasteiger partial charge < -0.3 is 5.32 Å². The SMILES string of the molecule is O=C(CSc1nc2ccccc2c(=O)n1-c1ccccc1)Nc1ccccc1F. The summed E-state index contributed by atoms with van der Waals surface area (Å²) in [6.45, 7) is 0. The fourth-order valence-corrected chi connectivity index (χ4v) is 3.71. The highest BCUT2D eigenvalue weighted by atomic mass is 32.2. The Bertz CT molecular complexity index is 1240. The van der Waals surface area contributed by atoms with Crippen LogP contribution in [0.3, 0.4) is 0 Å². The summed E-state index contributed by atoms with van der Waals surface area (Å²) in [5.41, 5.74) is 1.12. The number of thioether (sulfide) groups is 1. The first-order valence-corrected chi connectivity index (χ1v) is 9.86. The van der Waals surface area contributed by atoms with Gasteiger partial charge in [-0.15, -0.1) is 0 Å². The first-order chi connectivity index (χ1) is 14.1. The number of rotatable bonds is 5. The van der Waals surface area contributed by atoms with Gasteiger partial charge in [0.1, 0.15) is 5.82 Å². The predicted octanol–water partition coefficient (Wildman–Crippen LogP) is 4.26. The molecule has 4 rings (SSSR count). The van der Waals surface area contributed by atoms with Crippen LogP contribution in [0, 0.1) is 5.82 Å². The zero-order valence-electron chi connectivity index (χ0n) is 15.2. The van der Waals surface area contributed by atoms with Gasteiger partial charge in [0.2, 0.25) is 5.91 Å². The van der Waals surface area contributed by atoms with E-state index in [9.17, 15) is 14.0 Å². The van der Waals surface area contributed by atoms with Crippen LogP contribution in [0.5, 0.6) is 0 Å². The van der Waals surface area contributed by atoms with Crippen molar-refractivity contribution in [1.82, 2.24) is 9.55 Å². The van der Waals surface area contributed by atoms with Crippen molar-refractivity contribution in [2.75, 3.05) is 11.1 Å². The molecule has 1 heterocycles. The number of halogens is 1. The van der Waals surface area contributed by atoms with E-state index < -0.39 is 5.82 Å². The maximum Gasteiger partial charge on any atom is 0.266 e. The molecule has 3 aromatic carbocycles. The zero-order valence-corrected chi connectivity index (χ0v) is 16.0. The third kappa shape index (κ3) is 4.05. The lowest BCUT2D eigenvalue weighted by molar-refractivity contribution is -0.113. The molecule has 0 saturated heterocycles. The number of hydrogen-bond acceptors (Lipinski definition) is 4. The Morgan fingerprint density at radius 1 is 0.966 bits per heavy atom. The van der Waals surface area contributed by atoms with E-state index in [2.05, 4.69) is 10.3 Å². The number of benzene rings is 3. The number of carbonyl (C=O) groups is 1. The van der Waals surface area contributed by atoms with Crippen molar-refractivity contribution in [1.29, 1.82) is 0 Å². The van der Waals surface area contributed by atoms with Crippen molar-refractivity contribution in [3.63, 3.8) is 0 Å². The van der Waals surface area contributed by atoms with E-state index in [0.717, 1.165) is 11.8 Å². The quantitative estimate of drug-likeness (QED) is 0.398. The topological polar surface area (TPSA) is 64.0 Å². The van der Waals surface area contributed by atoms with Crippen LogP contribution in [0.15, 0.2) is 88.8 Å². The molecule has 0 saturated carbocycles. The van der Waals surface area contributed by atoms with Crippen molar-refractivity contribution in [3.8, 4) is 5.69 Å². The third-order valence-electron chi connectivity index (χ3n) is 4.24. The van der Waals surface area contributed by atoms with E-state index in [0.29, 0.717) is 21.7 Å². The minimum atomic E-state index is -0.504. The maximum atomic E-state index is 13.7. The summed E-state index contributed by atoms with van der Waals surface area (Å²) in [5.74, 6) is -0.913. The Morgan fingerprint density at radius 2 is 1.66 bits per heavy atom. The molecule has 1 aromatic heterocycles. The number of hydrogen-bond donors (Lipinski definition) is 1. The van der Waals surface area contributed by atoms with E-state index in [1.54, 1.807) is 48.5 Å². The fraction of sp³-hybridized carbons (Fsp3) is 0.0455. The maximum absolute atomic E-state index is 13.7. The number of amides is 1. The largest absolute Gasteiger partial charge is 0.323 e. The van der Waals surface area contributed by atoms with Crippen molar-refractivity contribution in [2.24, 2.45) is 0 Å². The Kier molecular flexibility index (Phi) is 5.39. The molecule has 0 aliphatic carbocycles. The van der Waals surface area contributed by atoms with Crippen LogP contribution in [-0.2, 0) is 4.79 Å². The van der Waals surface area contributed by atoms with E-state index in [4.69, 9.17) is 0 Å². The first kappa shape index (κ1) is 18.9. The van der Waals surface area contributed by atoms with E-state index in [-0.39, 0.29) is 22.9 Å². The molecule has 4 aromatic rings. The fourth-order valence-electron chi connectivity index (χ4n) is 2.89. The second kappa shape index (κ2) is 8.28. The number of para-hydroxylation sites is 3. The predicted molar refractivity (Wildman–Crippen MR) is 113 cm³/mol. The van der Waals surface area contributed by atoms with Gasteiger partial charge in [-0.25, -0.2) is 9.37 Å². The number of aromatic nitrogens is 2. The average molecular weight is 405 g/mol. The molecule has 5 nitrogen and oxygen atoms in total. The molecule has 1 N–H and O–H groups in total. The number of anilines is 1. The van der Waals surface area contributed by atoms with Gasteiger partial charge in [0, 0.05) is 0 Å². The highest BCUT2D eigenvalue weighted by molar-refractivity contribution is 7.99. The molecule has 1 amide bonds. The summed E-state index contributed by atoms with van der Waals surface area (Å²) < 4.78 is 15.2. The molecule has 144 valence electrons. The summed E-state index contributed by atoms with van der Waals surface area (Å²) >= 11 is 1.12. The van der Waals surface area contributed by atoms with Crippen LogP contribution in [0.4, 0.5) is 10.1 Å². The summed E-state index contributed by atoms with van der Waals surface area (Å²) in [5, 5.41) is 3.43. The highest BCUT2D eigenvalue weighted by Gasteiger charge is 2.15. The summed E-state index contributed by atoms with van der Waals surface area (Å²) in [4.78, 5) is 30.0. The van der Waals surface area contributed by atoms with E-state index in [1.165, 1.54) is 16.7 Å². The molecule has 7 heteroatoms. The molecule has 0 bridgehead atoms. The van der Waals surface area contributed by atoms with Crippen LogP contribution in [0.1, 0.15) is 0 Å². The third-order valence-corrected chi connectivity index (χ3v) is 5.18. The molecule has 0 fully saturated rings. The van der Waals surface area contributed by atoms with Gasteiger partial charge >= 0.3 is 0 Å². The van der Waals surface area contributed by atoms with Crippen molar-refractivity contribution < 1.29 is 9.18 Å². The summed E-state index contributed by atoms with van der Waals surface area (Å²) in [6, 6.07) is 22.2. The van der Waals surface area contributed by atoms with Gasteiger partial charge in [0.05, 0.1) is 28.0 Å². The molecule has 0 unspecified atom stereocenters. The standard InChI is InChI=1S/C22H16FN3O2S/c23-17-11-5-7-13-19(17)24-20(27)14-29-22-25-18-12-6-4-10-16(18)21(28)26(22)15-8-2-1-3-9-15/h1-13H,14H2,(H,24,27). The Labute approximate surface area is 170 Å². The lowest BCUT2D eigenvalue weighted by Gasteiger charge is -2.13. The number of nitrogens with one attached hydrogen (secondary N) is 1. The summed E-state index contributed by atoms with van der Waals surface area (Å²) in [6.07, 6.45) is 0. The normalized spacial score (nSPS) is 10.8. The molecule has 0 aliphatic heterocycles. The van der Waals surface area contributed by atoms with Crippen LogP contribution in [0.25, 0.3) is 16.6 Å². The van der Waals surface area contributed by atoms with Gasteiger partial charge in [0.15, 0.2) is 5.16 Å². The molecule has 0 aliphatic rings. The Balaban J connectivity index is 1.67. The van der Waals surface area contributed by atoms with Crippen molar-refractivity contribution >= 4 is 34.3 Å². The second-order valence-electron chi connectivity index (χ2n) is 6.20. The molecule has 0 spiro atoms. The molecule has 0 atom stereocenters. The van der Waals surface area contributed by atoms with E-state index >= 15 is 0 Å². The van der Waals surface area contributed by atoms with Crippen molar-refractivity contribution in [3.05, 3.63) is 95.0 Å². The van der Waals surface area contributed by atoms with Gasteiger partial charge in [-0.05, 0) is 36.4 Å². The highest BCUT2D eigenvalue weighted by Crippen LogP contribution is 2.22. The Morgan fingerprint density at radius 3 is 2.45 bits per heavy atom. The monoisotopic (exact) mass is 405 g/mol. The molecular formula is C22H16FN3O2S. The minimum absolute atomic E-state index is 0.0219. The minimum Gasteiger partial charge on any atom is -0.323 e. The van der Waals surface area contributed by atoms with Gasteiger partial charge in [-0.1, -0.05) is 54.2 Å². The molecule has 29 heavy (non-hydrogen) atoms. The zero-order chi connectivity index (χ0) is 20.2. The lowest BCUT2D eigenvalue weighted by atomic mass is 10.2. The number of carbonyl (C=O) groups excluding carboxylic acids is 1. The number of fused-ring (bicyclic) bond motifs is 1. The van der Waals surface area contributed by atoms with Gasteiger partial charge in [-0.2, -0.15) is 0 Å². The smallest absolute Gasteiger partial charge is 0.266 e. The van der Waals surface area contributed by atoms with Crippen LogP contribution >= 0.6 is 11.8 Å². The van der Waals surface area contributed by atoms with Crippen molar-refractivity contribution in [2.45, 2.75) is 5.16 Å². The number of nitrogens with zero attached hydrogens (tertiary/aromatic N) is 2.